The maximum atomic E-state index is 14.0. The minimum Gasteiger partial charge on any atom is -0.374 e. The second kappa shape index (κ2) is 16.2. The van der Waals surface area contributed by atoms with E-state index in [0.717, 1.165) is 28.3 Å². The van der Waals surface area contributed by atoms with Gasteiger partial charge in [-0.25, -0.2) is 0 Å². The van der Waals surface area contributed by atoms with Gasteiger partial charge in [0.2, 0.25) is 17.3 Å². The lowest BCUT2D eigenvalue weighted by molar-refractivity contribution is -0.384. The summed E-state index contributed by atoms with van der Waals surface area (Å²) in [6.07, 6.45) is -25.1. The molecule has 4 aromatic carbocycles. The number of non-ortho nitro benzene ring substituents is 2. The van der Waals surface area contributed by atoms with Crippen molar-refractivity contribution in [3.05, 3.63) is 152 Å². The van der Waals surface area contributed by atoms with E-state index < -0.39 is 81.7 Å². The average Bonchev–Trinajstić information content (AvgIpc) is 3.82. The summed E-state index contributed by atoms with van der Waals surface area (Å²) < 4.78 is 171. The molecule has 0 spiro atoms. The zero-order valence-electron chi connectivity index (χ0n) is 31.0. The molecule has 23 heteroatoms. The molecule has 1 saturated heterocycles. The van der Waals surface area contributed by atoms with Gasteiger partial charge < -0.3 is 23.7 Å². The Morgan fingerprint density at radius 3 is 1.52 bits per heavy atom. The molecule has 2 unspecified atom stereocenters. The Hall–Kier alpha value is -6.20. The predicted molar refractivity (Wildman–Crippen MR) is 194 cm³/mol. The van der Waals surface area contributed by atoms with Crippen molar-refractivity contribution in [2.45, 2.75) is 55.1 Å². The van der Waals surface area contributed by atoms with Crippen LogP contribution in [0.4, 0.5) is 64.1 Å². The van der Waals surface area contributed by atoms with Crippen molar-refractivity contribution in [2.75, 3.05) is 13.2 Å². The number of aromatic nitrogens is 2. The van der Waals surface area contributed by atoms with Crippen LogP contribution in [-0.2, 0) is 33.8 Å². The summed E-state index contributed by atoms with van der Waals surface area (Å²) in [5.41, 5.74) is -7.03. The summed E-state index contributed by atoms with van der Waals surface area (Å²) in [4.78, 5) is 20.8. The molecule has 330 valence electrons. The van der Waals surface area contributed by atoms with E-state index in [9.17, 15) is 78.0 Å². The van der Waals surface area contributed by atoms with Gasteiger partial charge in [-0.1, -0.05) is 60.7 Å². The van der Waals surface area contributed by atoms with E-state index in [4.69, 9.17) is 4.74 Å². The zero-order chi connectivity index (χ0) is 45.6. The molecule has 1 N–H and O–H groups in total. The highest BCUT2D eigenvalue weighted by molar-refractivity contribution is 5.88. The molecule has 2 aromatic heterocycles. The minimum absolute atomic E-state index is 0.00849. The highest BCUT2D eigenvalue weighted by Gasteiger charge is 2.68. The quantitative estimate of drug-likeness (QED) is 0.0592. The first kappa shape index (κ1) is 45.3. The first-order valence-corrected chi connectivity index (χ1v) is 17.6. The normalized spacial score (nSPS) is 16.9. The molecular weight excluding hydrogens is 864 g/mol. The van der Waals surface area contributed by atoms with Crippen LogP contribution in [0.1, 0.15) is 22.3 Å². The minimum atomic E-state index is -6.12. The molecule has 6 aromatic rings. The van der Waals surface area contributed by atoms with Crippen LogP contribution < -0.4 is 0 Å². The van der Waals surface area contributed by atoms with Gasteiger partial charge in [0.25, 0.3) is 11.4 Å². The molecule has 0 amide bonds. The Bertz CT molecular complexity index is 2570. The fourth-order valence-electron chi connectivity index (χ4n) is 6.70. The summed E-state index contributed by atoms with van der Waals surface area (Å²) in [6, 6.07) is 23.4. The maximum absolute atomic E-state index is 14.0. The maximum Gasteiger partial charge on any atom is 0.424 e. The first-order chi connectivity index (χ1) is 28.8. The first-order valence-electron chi connectivity index (χ1n) is 17.6. The van der Waals surface area contributed by atoms with Gasteiger partial charge in [0, 0.05) is 71.6 Å². The van der Waals surface area contributed by atoms with Gasteiger partial charge >= 0.3 is 24.7 Å². The Labute approximate surface area is 339 Å². The van der Waals surface area contributed by atoms with Gasteiger partial charge in [0.1, 0.15) is 0 Å². The summed E-state index contributed by atoms with van der Waals surface area (Å²) in [7, 11) is 0. The number of hydrogen-bond acceptors (Lipinski definition) is 7. The molecule has 62 heavy (non-hydrogen) atoms. The van der Waals surface area contributed by atoms with E-state index >= 15 is 0 Å². The molecule has 0 saturated carbocycles. The SMILES string of the molecule is O=[N+]([O-])c1ccc2c(C(O)(COC(C(F)(F)F)C(F)(F)F)C(F)(F)F)cn(Cc3ccccc3)c2c1.O=[N+]([O-])c1ccc2c(C3(C(F)(F)F)CO3)cn(Cc3ccccc3)c2c1. The summed E-state index contributed by atoms with van der Waals surface area (Å²) in [6.45, 7) is -2.80. The van der Waals surface area contributed by atoms with Crippen LogP contribution in [0, 0.1) is 20.2 Å². The summed E-state index contributed by atoms with van der Waals surface area (Å²) in [5, 5.41) is 32.6. The van der Waals surface area contributed by atoms with Crippen LogP contribution in [0.25, 0.3) is 21.8 Å². The van der Waals surface area contributed by atoms with Crippen molar-refractivity contribution in [3.63, 3.8) is 0 Å². The number of alkyl halides is 12. The number of nitro benzene ring substituents is 2. The lowest BCUT2D eigenvalue weighted by Crippen LogP contribution is -2.51. The lowest BCUT2D eigenvalue weighted by atomic mass is 9.93. The Balaban J connectivity index is 0.000000217. The fraction of sp³-hybridized carbons (Fsp3) is 0.282. The zero-order valence-corrected chi connectivity index (χ0v) is 31.0. The van der Waals surface area contributed by atoms with Crippen molar-refractivity contribution in [1.29, 1.82) is 0 Å². The second-order valence-corrected chi connectivity index (χ2v) is 14.0. The molecular formula is C39H28F12N4O7. The highest BCUT2D eigenvalue weighted by Crippen LogP contribution is 2.54. The molecule has 3 heterocycles. The number of aliphatic hydroxyl groups is 1. The molecule has 0 radical (unpaired) electrons. The van der Waals surface area contributed by atoms with E-state index in [2.05, 4.69) is 4.74 Å². The number of rotatable bonds is 11. The number of hydrogen-bond donors (Lipinski definition) is 1. The van der Waals surface area contributed by atoms with Gasteiger partial charge in [0.05, 0.1) is 34.1 Å². The number of ether oxygens (including phenoxy) is 2. The standard InChI is InChI=1S/C21H15F9N2O4.C18H13F3N2O3/c22-19(23,24)17(20(25,26)27)36-11-18(33,21(28,29)30)15-10-31(9-12-4-2-1-3-5-12)16-8-13(32(34)35)6-7-14(15)16;19-18(20,21)17(11-26-17)15-10-22(9-12-4-2-1-3-5-12)16-8-13(23(24)25)6-7-14(15)16/h1-8,10,17,33H,9,11H2;1-8,10H,9,11H2. The average molecular weight is 893 g/mol. The number of halogens is 12. The van der Waals surface area contributed by atoms with E-state index in [1.165, 1.54) is 24.4 Å². The van der Waals surface area contributed by atoms with E-state index in [1.54, 1.807) is 34.9 Å². The molecule has 7 rings (SSSR count). The van der Waals surface area contributed by atoms with Gasteiger partial charge in [-0.3, -0.25) is 20.2 Å². The molecule has 1 aliphatic rings. The lowest BCUT2D eigenvalue weighted by Gasteiger charge is -2.32. The number of nitrogens with zero attached hydrogens (tertiary/aromatic N) is 4. The highest BCUT2D eigenvalue weighted by atomic mass is 19.4. The van der Waals surface area contributed by atoms with E-state index in [0.29, 0.717) is 29.2 Å². The number of nitro groups is 2. The largest absolute Gasteiger partial charge is 0.424 e. The van der Waals surface area contributed by atoms with Crippen LogP contribution in [0.15, 0.2) is 109 Å². The van der Waals surface area contributed by atoms with Crippen molar-refractivity contribution in [2.24, 2.45) is 0 Å². The van der Waals surface area contributed by atoms with Gasteiger partial charge in [-0.2, -0.15) is 52.7 Å². The molecule has 2 atom stereocenters. The van der Waals surface area contributed by atoms with Crippen molar-refractivity contribution in [3.8, 4) is 0 Å². The van der Waals surface area contributed by atoms with Crippen LogP contribution in [0.3, 0.4) is 0 Å². The van der Waals surface area contributed by atoms with E-state index in [1.807, 2.05) is 30.3 Å². The monoisotopic (exact) mass is 892 g/mol. The van der Waals surface area contributed by atoms with Crippen LogP contribution in [0.5, 0.6) is 0 Å². The summed E-state index contributed by atoms with van der Waals surface area (Å²) >= 11 is 0. The van der Waals surface area contributed by atoms with Crippen LogP contribution in [0.2, 0.25) is 0 Å². The van der Waals surface area contributed by atoms with Gasteiger partial charge in [0.15, 0.2) is 0 Å². The number of fused-ring (bicyclic) bond motifs is 2. The molecule has 0 bridgehead atoms. The third-order valence-electron chi connectivity index (χ3n) is 9.84. The Kier molecular flexibility index (Phi) is 11.9. The van der Waals surface area contributed by atoms with Crippen molar-refractivity contribution < 1.29 is 77.1 Å². The van der Waals surface area contributed by atoms with Gasteiger partial charge in [-0.05, 0) is 23.3 Å². The fourth-order valence-corrected chi connectivity index (χ4v) is 6.70. The van der Waals surface area contributed by atoms with Crippen LogP contribution in [-0.4, -0.2) is 68.1 Å². The second-order valence-electron chi connectivity index (χ2n) is 14.0. The Morgan fingerprint density at radius 2 is 1.11 bits per heavy atom. The predicted octanol–water partition coefficient (Wildman–Crippen LogP) is 10.2. The number of benzene rings is 4. The third kappa shape index (κ3) is 9.04. The molecule has 1 aliphatic heterocycles. The van der Waals surface area contributed by atoms with Crippen molar-refractivity contribution in [1.82, 2.24) is 9.13 Å². The topological polar surface area (TPSA) is 138 Å². The number of epoxide rings is 1. The molecule has 0 aliphatic carbocycles. The third-order valence-corrected chi connectivity index (χ3v) is 9.84. The summed E-state index contributed by atoms with van der Waals surface area (Å²) in [5.74, 6) is 0. The van der Waals surface area contributed by atoms with Gasteiger partial charge in [-0.15, -0.1) is 0 Å². The van der Waals surface area contributed by atoms with Crippen LogP contribution >= 0.6 is 0 Å². The smallest absolute Gasteiger partial charge is 0.374 e. The molecule has 1 fully saturated rings. The molecule has 11 nitrogen and oxygen atoms in total. The Morgan fingerprint density at radius 1 is 0.677 bits per heavy atom. The van der Waals surface area contributed by atoms with E-state index in [-0.39, 0.29) is 23.3 Å². The van der Waals surface area contributed by atoms with Crippen molar-refractivity contribution >= 4 is 33.2 Å².